The van der Waals surface area contributed by atoms with Crippen LogP contribution in [0.15, 0.2) is 42.6 Å². The summed E-state index contributed by atoms with van der Waals surface area (Å²) in [6.45, 7) is 1.15. The molecule has 0 aliphatic carbocycles. The van der Waals surface area contributed by atoms with Crippen molar-refractivity contribution in [2.24, 2.45) is 7.05 Å². The molecule has 9 nitrogen and oxygen atoms in total. The van der Waals surface area contributed by atoms with E-state index < -0.39 is 0 Å². The highest BCUT2D eigenvalue weighted by Crippen LogP contribution is 2.33. The van der Waals surface area contributed by atoms with Crippen LogP contribution in [0.1, 0.15) is 23.3 Å². The summed E-state index contributed by atoms with van der Waals surface area (Å²) in [5, 5.41) is 12.4. The summed E-state index contributed by atoms with van der Waals surface area (Å²) in [6, 6.07) is 10.8. The summed E-state index contributed by atoms with van der Waals surface area (Å²) in [7, 11) is 4.97. The molecule has 1 saturated heterocycles. The number of ether oxygens (including phenoxy) is 3. The summed E-state index contributed by atoms with van der Waals surface area (Å²) >= 11 is 0. The normalized spacial score (nSPS) is 16.1. The molecule has 1 unspecified atom stereocenters. The number of piperidine rings is 1. The number of rotatable bonds is 6. The van der Waals surface area contributed by atoms with Crippen LogP contribution in [-0.4, -0.2) is 64.2 Å². The number of likely N-dealkylation sites (tertiary alicyclic amines) is 1. The Bertz CT molecular complexity index is 1050. The maximum absolute atomic E-state index is 13.3. The van der Waals surface area contributed by atoms with Crippen LogP contribution in [0.4, 0.5) is 0 Å². The third kappa shape index (κ3) is 4.45. The van der Waals surface area contributed by atoms with Crippen LogP contribution >= 0.6 is 0 Å². The minimum absolute atomic E-state index is 0.0874. The number of carbonyl (C=O) groups excluding carboxylic acids is 1. The molecule has 1 aromatic carbocycles. The Hall–Kier alpha value is -3.62. The number of benzene rings is 1. The van der Waals surface area contributed by atoms with Crippen LogP contribution in [0, 0.1) is 0 Å². The van der Waals surface area contributed by atoms with Crippen molar-refractivity contribution in [3.63, 3.8) is 0 Å². The van der Waals surface area contributed by atoms with Gasteiger partial charge in [-0.15, -0.1) is 5.10 Å². The van der Waals surface area contributed by atoms with Gasteiger partial charge < -0.3 is 19.1 Å². The van der Waals surface area contributed by atoms with Crippen LogP contribution in [-0.2, 0) is 7.05 Å². The molecule has 0 saturated carbocycles. The average Bonchev–Trinajstić information content (AvgIpc) is 3.20. The molecule has 1 amide bonds. The Labute approximate surface area is 180 Å². The van der Waals surface area contributed by atoms with Crippen molar-refractivity contribution in [2.75, 3.05) is 27.3 Å². The lowest BCUT2D eigenvalue weighted by molar-refractivity contribution is 0.0516. The first-order valence-electron chi connectivity index (χ1n) is 10.1. The zero-order chi connectivity index (χ0) is 21.8. The molecule has 2 aromatic heterocycles. The van der Waals surface area contributed by atoms with Gasteiger partial charge in [-0.2, -0.15) is 10.2 Å². The molecule has 0 spiro atoms. The van der Waals surface area contributed by atoms with Gasteiger partial charge in [-0.3, -0.25) is 9.48 Å². The topological polar surface area (TPSA) is 91.6 Å². The molecule has 9 heteroatoms. The van der Waals surface area contributed by atoms with Crippen molar-refractivity contribution in [3.8, 4) is 28.6 Å². The number of carbonyl (C=O) groups is 1. The smallest absolute Gasteiger partial charge is 0.272 e. The van der Waals surface area contributed by atoms with Crippen LogP contribution in [0.2, 0.25) is 0 Å². The van der Waals surface area contributed by atoms with Crippen molar-refractivity contribution >= 4 is 5.91 Å². The van der Waals surface area contributed by atoms with E-state index in [1.54, 1.807) is 55.2 Å². The predicted octanol–water partition coefficient (Wildman–Crippen LogP) is 2.58. The van der Waals surface area contributed by atoms with Gasteiger partial charge in [0.05, 0.1) is 26.5 Å². The zero-order valence-electron chi connectivity index (χ0n) is 17.8. The second kappa shape index (κ2) is 9.03. The fourth-order valence-corrected chi connectivity index (χ4v) is 3.72. The van der Waals surface area contributed by atoms with Crippen LogP contribution in [0.25, 0.3) is 11.3 Å². The van der Waals surface area contributed by atoms with Crippen molar-refractivity contribution in [3.05, 3.63) is 48.3 Å². The van der Waals surface area contributed by atoms with E-state index >= 15 is 0 Å². The second-order valence-electron chi connectivity index (χ2n) is 7.30. The Morgan fingerprint density at radius 1 is 1.16 bits per heavy atom. The molecule has 0 bridgehead atoms. The minimum atomic E-state index is -0.124. The standard InChI is InChI=1S/C22H25N5O4/c1-26-19(13-18(25-26)17-12-15(29-2)8-9-20(17)30-3)22(28)27-11-5-6-16(14-27)31-21-7-4-10-23-24-21/h4,7-10,12-13,16H,5-6,11,14H2,1-3H3. The summed E-state index contributed by atoms with van der Waals surface area (Å²) in [4.78, 5) is 15.1. The van der Waals surface area contributed by atoms with Gasteiger partial charge in [0.25, 0.3) is 5.91 Å². The number of hydrogen-bond acceptors (Lipinski definition) is 7. The van der Waals surface area contributed by atoms with E-state index in [1.165, 1.54) is 0 Å². The van der Waals surface area contributed by atoms with E-state index in [2.05, 4.69) is 15.3 Å². The van der Waals surface area contributed by atoms with Gasteiger partial charge in [-0.05, 0) is 43.2 Å². The molecule has 4 rings (SSSR count). The van der Waals surface area contributed by atoms with Crippen molar-refractivity contribution in [1.82, 2.24) is 24.9 Å². The van der Waals surface area contributed by atoms with Crippen molar-refractivity contribution < 1.29 is 19.0 Å². The number of methoxy groups -OCH3 is 2. The van der Waals surface area contributed by atoms with Gasteiger partial charge in [0.2, 0.25) is 5.88 Å². The third-order valence-electron chi connectivity index (χ3n) is 5.28. The molecule has 1 atom stereocenters. The molecule has 3 aromatic rings. The lowest BCUT2D eigenvalue weighted by Crippen LogP contribution is -2.45. The Morgan fingerprint density at radius 3 is 2.77 bits per heavy atom. The van der Waals surface area contributed by atoms with E-state index in [4.69, 9.17) is 14.2 Å². The lowest BCUT2D eigenvalue weighted by Gasteiger charge is -2.32. The van der Waals surface area contributed by atoms with Crippen molar-refractivity contribution in [2.45, 2.75) is 18.9 Å². The van der Waals surface area contributed by atoms with Gasteiger partial charge in [-0.1, -0.05) is 0 Å². The second-order valence-corrected chi connectivity index (χ2v) is 7.30. The molecule has 1 aliphatic heterocycles. The SMILES string of the molecule is COc1ccc(OC)c(-c2cc(C(=O)N3CCCC(Oc4cccnn4)C3)n(C)n2)c1. The highest BCUT2D eigenvalue weighted by Gasteiger charge is 2.28. The van der Waals surface area contributed by atoms with Gasteiger partial charge in [0, 0.05) is 31.4 Å². The quantitative estimate of drug-likeness (QED) is 0.602. The Morgan fingerprint density at radius 2 is 2.03 bits per heavy atom. The summed E-state index contributed by atoms with van der Waals surface area (Å²) in [5.74, 6) is 1.73. The number of aromatic nitrogens is 4. The maximum atomic E-state index is 13.3. The molecular formula is C22H25N5O4. The average molecular weight is 423 g/mol. The molecular weight excluding hydrogens is 398 g/mol. The molecule has 162 valence electrons. The Kier molecular flexibility index (Phi) is 6.01. The molecule has 31 heavy (non-hydrogen) atoms. The maximum Gasteiger partial charge on any atom is 0.272 e. The van der Waals surface area contributed by atoms with Crippen LogP contribution in [0.5, 0.6) is 17.4 Å². The predicted molar refractivity (Wildman–Crippen MR) is 113 cm³/mol. The van der Waals surface area contributed by atoms with E-state index in [-0.39, 0.29) is 12.0 Å². The first kappa shape index (κ1) is 20.6. The number of amides is 1. The fraction of sp³-hybridized carbons (Fsp3) is 0.364. The van der Waals surface area contributed by atoms with Gasteiger partial charge in [0.1, 0.15) is 23.3 Å². The summed E-state index contributed by atoms with van der Waals surface area (Å²) < 4.78 is 18.3. The van der Waals surface area contributed by atoms with Crippen molar-refractivity contribution in [1.29, 1.82) is 0 Å². The van der Waals surface area contributed by atoms with Gasteiger partial charge in [-0.25, -0.2) is 0 Å². The highest BCUT2D eigenvalue weighted by molar-refractivity contribution is 5.94. The lowest BCUT2D eigenvalue weighted by atomic mass is 10.1. The number of hydrogen-bond donors (Lipinski definition) is 0. The van der Waals surface area contributed by atoms with E-state index in [0.717, 1.165) is 18.4 Å². The third-order valence-corrected chi connectivity index (χ3v) is 5.28. The van der Waals surface area contributed by atoms with Crippen LogP contribution in [0.3, 0.4) is 0 Å². The minimum Gasteiger partial charge on any atom is -0.497 e. The monoisotopic (exact) mass is 423 g/mol. The zero-order valence-corrected chi connectivity index (χ0v) is 17.8. The first-order chi connectivity index (χ1) is 15.1. The Balaban J connectivity index is 1.54. The van der Waals surface area contributed by atoms with E-state index in [1.807, 2.05) is 18.2 Å². The van der Waals surface area contributed by atoms with Gasteiger partial charge in [0.15, 0.2) is 0 Å². The van der Waals surface area contributed by atoms with E-state index in [0.29, 0.717) is 41.9 Å². The van der Waals surface area contributed by atoms with Gasteiger partial charge >= 0.3 is 0 Å². The first-order valence-corrected chi connectivity index (χ1v) is 10.1. The number of aryl methyl sites for hydroxylation is 1. The van der Waals surface area contributed by atoms with Crippen LogP contribution < -0.4 is 14.2 Å². The molecule has 0 N–H and O–H groups in total. The largest absolute Gasteiger partial charge is 0.497 e. The summed E-state index contributed by atoms with van der Waals surface area (Å²) in [5.41, 5.74) is 1.91. The molecule has 1 fully saturated rings. The summed E-state index contributed by atoms with van der Waals surface area (Å²) in [6.07, 6.45) is 3.19. The molecule has 3 heterocycles. The molecule has 0 radical (unpaired) electrons. The highest BCUT2D eigenvalue weighted by atomic mass is 16.5. The fourth-order valence-electron chi connectivity index (χ4n) is 3.72. The number of nitrogens with zero attached hydrogens (tertiary/aromatic N) is 5. The van der Waals surface area contributed by atoms with E-state index in [9.17, 15) is 4.79 Å². The molecule has 1 aliphatic rings.